The minimum Gasteiger partial charge on any atom is -0.396 e. The molecule has 0 spiro atoms. The van der Waals surface area contributed by atoms with Crippen LogP contribution in [0.4, 0.5) is 0 Å². The van der Waals surface area contributed by atoms with Gasteiger partial charge in [-0.3, -0.25) is 4.90 Å². The fraction of sp³-hybridized carbons (Fsp3) is 0.364. The Bertz CT molecular complexity index is 1020. The summed E-state index contributed by atoms with van der Waals surface area (Å²) in [7, 11) is 0. The minimum atomic E-state index is 0.0994. The highest BCUT2D eigenvalue weighted by atomic mass is 16.3. The normalized spacial score (nSPS) is 19.4. The number of aliphatic hydroxyl groups is 1. The number of para-hydroxylation sites is 4. The van der Waals surface area contributed by atoms with Crippen LogP contribution in [0.15, 0.2) is 48.5 Å². The Morgan fingerprint density at radius 1 is 1.00 bits per heavy atom. The number of hydrogen-bond acceptors (Lipinski definition) is 4. The predicted molar refractivity (Wildman–Crippen MR) is 110 cm³/mol. The Morgan fingerprint density at radius 2 is 1.71 bits per heavy atom. The van der Waals surface area contributed by atoms with Crippen LogP contribution in [0.3, 0.4) is 0 Å². The Hall–Kier alpha value is -2.70. The molecule has 6 nitrogen and oxygen atoms in total. The van der Waals surface area contributed by atoms with Gasteiger partial charge in [-0.1, -0.05) is 24.3 Å². The average Bonchev–Trinajstić information content (AvgIpc) is 3.35. The van der Waals surface area contributed by atoms with Crippen LogP contribution >= 0.6 is 0 Å². The topological polar surface area (TPSA) is 80.8 Å². The highest BCUT2D eigenvalue weighted by Crippen LogP contribution is 2.29. The predicted octanol–water partition coefficient (Wildman–Crippen LogP) is 3.43. The molecule has 2 unspecified atom stereocenters. The Balaban J connectivity index is 1.51. The second kappa shape index (κ2) is 7.37. The van der Waals surface area contributed by atoms with Crippen molar-refractivity contribution in [3.63, 3.8) is 0 Å². The molecule has 144 valence electrons. The molecular formula is C22H25N5O. The maximum absolute atomic E-state index is 9.69. The van der Waals surface area contributed by atoms with Gasteiger partial charge >= 0.3 is 0 Å². The number of nitrogens with one attached hydrogen (secondary N) is 2. The molecule has 5 rings (SSSR count). The van der Waals surface area contributed by atoms with Gasteiger partial charge in [0, 0.05) is 19.6 Å². The van der Waals surface area contributed by atoms with Crippen molar-refractivity contribution >= 4 is 22.1 Å². The molecule has 1 saturated heterocycles. The van der Waals surface area contributed by atoms with Gasteiger partial charge in [-0.2, -0.15) is 0 Å². The third-order valence-electron chi connectivity index (χ3n) is 5.80. The molecule has 4 aromatic rings. The second-order valence-electron chi connectivity index (χ2n) is 7.75. The molecule has 1 fully saturated rings. The molecule has 0 aliphatic carbocycles. The van der Waals surface area contributed by atoms with Crippen molar-refractivity contribution < 1.29 is 5.11 Å². The van der Waals surface area contributed by atoms with Crippen LogP contribution in [0.2, 0.25) is 0 Å². The summed E-state index contributed by atoms with van der Waals surface area (Å²) >= 11 is 0. The van der Waals surface area contributed by atoms with Crippen LogP contribution in [0.1, 0.15) is 30.5 Å². The summed E-state index contributed by atoms with van der Waals surface area (Å²) in [6.45, 7) is 2.14. The number of likely N-dealkylation sites (tertiary alicyclic amines) is 1. The molecular weight excluding hydrogens is 350 g/mol. The number of H-pyrrole nitrogens is 2. The van der Waals surface area contributed by atoms with E-state index in [2.05, 4.69) is 27.0 Å². The fourth-order valence-corrected chi connectivity index (χ4v) is 4.34. The van der Waals surface area contributed by atoms with Gasteiger partial charge in [0.1, 0.15) is 11.6 Å². The van der Waals surface area contributed by atoms with E-state index < -0.39 is 0 Å². The van der Waals surface area contributed by atoms with Crippen LogP contribution in [0.5, 0.6) is 0 Å². The van der Waals surface area contributed by atoms with E-state index in [1.54, 1.807) is 0 Å². The highest BCUT2D eigenvalue weighted by Gasteiger charge is 2.29. The number of piperidine rings is 1. The van der Waals surface area contributed by atoms with E-state index in [0.29, 0.717) is 5.92 Å². The highest BCUT2D eigenvalue weighted by molar-refractivity contribution is 5.75. The van der Waals surface area contributed by atoms with E-state index in [4.69, 9.17) is 9.97 Å². The van der Waals surface area contributed by atoms with Crippen LogP contribution in [0, 0.1) is 5.92 Å². The van der Waals surface area contributed by atoms with Gasteiger partial charge < -0.3 is 15.1 Å². The van der Waals surface area contributed by atoms with Crippen molar-refractivity contribution in [3.05, 3.63) is 60.2 Å². The SMILES string of the molecule is OCC1CCCN(C(Cc2nc3ccccc3[nH]2)c2nc3ccccc3[nH]2)C1. The zero-order valence-electron chi connectivity index (χ0n) is 15.8. The summed E-state index contributed by atoms with van der Waals surface area (Å²) in [6.07, 6.45) is 2.94. The molecule has 0 bridgehead atoms. The van der Waals surface area contributed by atoms with Crippen LogP contribution < -0.4 is 0 Å². The van der Waals surface area contributed by atoms with Crippen LogP contribution in [-0.4, -0.2) is 49.6 Å². The first-order chi connectivity index (χ1) is 13.8. The minimum absolute atomic E-state index is 0.0994. The van der Waals surface area contributed by atoms with Crippen molar-refractivity contribution in [2.24, 2.45) is 5.92 Å². The van der Waals surface area contributed by atoms with Gasteiger partial charge in [-0.05, 0) is 49.6 Å². The monoisotopic (exact) mass is 375 g/mol. The molecule has 2 atom stereocenters. The summed E-state index contributed by atoms with van der Waals surface area (Å²) in [4.78, 5) is 19.1. The summed E-state index contributed by atoms with van der Waals surface area (Å²) in [5.74, 6) is 2.27. The van der Waals surface area contributed by atoms with Crippen LogP contribution in [0.25, 0.3) is 22.1 Å². The molecule has 2 aromatic heterocycles. The molecule has 0 radical (unpaired) electrons. The lowest BCUT2D eigenvalue weighted by Gasteiger charge is -2.36. The Labute approximate surface area is 163 Å². The second-order valence-corrected chi connectivity index (χ2v) is 7.75. The Morgan fingerprint density at radius 3 is 2.43 bits per heavy atom. The fourth-order valence-electron chi connectivity index (χ4n) is 4.34. The lowest BCUT2D eigenvalue weighted by Crippen LogP contribution is -2.40. The molecule has 1 aliphatic rings. The largest absolute Gasteiger partial charge is 0.396 e. The lowest BCUT2D eigenvalue weighted by molar-refractivity contribution is 0.0838. The lowest BCUT2D eigenvalue weighted by atomic mass is 9.96. The molecule has 0 saturated carbocycles. The van der Waals surface area contributed by atoms with Gasteiger partial charge in [0.15, 0.2) is 0 Å². The van der Waals surface area contributed by atoms with Crippen molar-refractivity contribution in [2.45, 2.75) is 25.3 Å². The number of nitrogens with zero attached hydrogens (tertiary/aromatic N) is 3. The molecule has 1 aliphatic heterocycles. The number of rotatable bonds is 5. The summed E-state index contributed by atoms with van der Waals surface area (Å²) < 4.78 is 0. The van der Waals surface area contributed by atoms with Crippen molar-refractivity contribution in [2.75, 3.05) is 19.7 Å². The van der Waals surface area contributed by atoms with Crippen LogP contribution in [-0.2, 0) is 6.42 Å². The maximum Gasteiger partial charge on any atom is 0.125 e. The first-order valence-corrected chi connectivity index (χ1v) is 10.0. The number of benzene rings is 2. The molecule has 6 heteroatoms. The number of aromatic nitrogens is 4. The summed E-state index contributed by atoms with van der Waals surface area (Å²) in [5.41, 5.74) is 4.10. The number of fused-ring (bicyclic) bond motifs is 2. The number of aromatic amines is 2. The van der Waals surface area contributed by atoms with Gasteiger partial charge in [0.25, 0.3) is 0 Å². The first kappa shape index (κ1) is 17.4. The summed E-state index contributed by atoms with van der Waals surface area (Å²) in [5, 5.41) is 9.69. The van der Waals surface area contributed by atoms with E-state index in [0.717, 1.165) is 66.1 Å². The molecule has 0 amide bonds. The quantitative estimate of drug-likeness (QED) is 0.499. The smallest absolute Gasteiger partial charge is 0.125 e. The van der Waals surface area contributed by atoms with E-state index in [-0.39, 0.29) is 12.6 Å². The Kier molecular flexibility index (Phi) is 4.58. The van der Waals surface area contributed by atoms with Crippen molar-refractivity contribution in [1.82, 2.24) is 24.8 Å². The van der Waals surface area contributed by atoms with Crippen molar-refractivity contribution in [3.8, 4) is 0 Å². The standard InChI is InChI=1S/C22H25N5O/c28-14-15-6-5-11-27(13-15)20(22-25-18-9-3-4-10-19(18)26-22)12-21-23-16-7-1-2-8-17(16)24-21/h1-4,7-10,15,20,28H,5-6,11-14H2,(H,23,24)(H,25,26). The number of aliphatic hydroxyl groups excluding tert-OH is 1. The molecule has 3 heterocycles. The number of imidazole rings is 2. The van der Waals surface area contributed by atoms with Crippen molar-refractivity contribution in [1.29, 1.82) is 0 Å². The molecule has 2 aromatic carbocycles. The van der Waals surface area contributed by atoms with E-state index >= 15 is 0 Å². The molecule has 28 heavy (non-hydrogen) atoms. The van der Waals surface area contributed by atoms with E-state index in [9.17, 15) is 5.11 Å². The van der Waals surface area contributed by atoms with Gasteiger partial charge in [-0.15, -0.1) is 0 Å². The molecule has 3 N–H and O–H groups in total. The zero-order valence-corrected chi connectivity index (χ0v) is 15.8. The van der Waals surface area contributed by atoms with Gasteiger partial charge in [0.2, 0.25) is 0 Å². The maximum atomic E-state index is 9.69. The third-order valence-corrected chi connectivity index (χ3v) is 5.80. The third kappa shape index (κ3) is 3.30. The van der Waals surface area contributed by atoms with Gasteiger partial charge in [-0.25, -0.2) is 9.97 Å². The average molecular weight is 375 g/mol. The number of hydrogen-bond donors (Lipinski definition) is 3. The van der Waals surface area contributed by atoms with E-state index in [1.165, 1.54) is 0 Å². The van der Waals surface area contributed by atoms with Gasteiger partial charge in [0.05, 0.1) is 28.1 Å². The van der Waals surface area contributed by atoms with E-state index in [1.807, 2.05) is 36.4 Å². The summed E-state index contributed by atoms with van der Waals surface area (Å²) in [6, 6.07) is 16.4. The first-order valence-electron chi connectivity index (χ1n) is 10.0. The zero-order chi connectivity index (χ0) is 18.9.